The lowest BCUT2D eigenvalue weighted by Gasteiger charge is -2.34. The van der Waals surface area contributed by atoms with Crippen LogP contribution >= 0.6 is 0 Å². The van der Waals surface area contributed by atoms with Crippen LogP contribution in [0.1, 0.15) is 10.4 Å². The molecule has 0 unspecified atom stereocenters. The van der Waals surface area contributed by atoms with Gasteiger partial charge in [0.15, 0.2) is 5.76 Å². The van der Waals surface area contributed by atoms with E-state index in [1.54, 1.807) is 17.0 Å². The van der Waals surface area contributed by atoms with E-state index in [-0.39, 0.29) is 24.2 Å². The fourth-order valence-electron chi connectivity index (χ4n) is 4.10. The first-order valence-corrected chi connectivity index (χ1v) is 11.1. The zero-order chi connectivity index (χ0) is 23.5. The minimum atomic E-state index is -0.349. The van der Waals surface area contributed by atoms with Gasteiger partial charge in [0.1, 0.15) is 11.3 Å². The van der Waals surface area contributed by atoms with Crippen molar-refractivity contribution in [3.63, 3.8) is 0 Å². The van der Waals surface area contributed by atoms with Gasteiger partial charge in [0.05, 0.1) is 11.9 Å². The maximum absolute atomic E-state index is 13.2. The van der Waals surface area contributed by atoms with E-state index in [0.717, 1.165) is 10.9 Å². The van der Waals surface area contributed by atoms with Gasteiger partial charge in [-0.15, -0.1) is 0 Å². The lowest BCUT2D eigenvalue weighted by atomic mass is 10.1. The summed E-state index contributed by atoms with van der Waals surface area (Å²) in [4.78, 5) is 29.3. The molecule has 1 aliphatic rings. The first-order chi connectivity index (χ1) is 16.6. The first-order valence-electron chi connectivity index (χ1n) is 11.1. The van der Waals surface area contributed by atoms with Gasteiger partial charge >= 0.3 is 0 Å². The molecule has 8 heteroatoms. The molecule has 4 aromatic rings. The monoisotopic (exact) mass is 458 g/mol. The van der Waals surface area contributed by atoms with E-state index >= 15 is 0 Å². The molecule has 1 fully saturated rings. The van der Waals surface area contributed by atoms with Crippen LogP contribution in [0.3, 0.4) is 0 Å². The van der Waals surface area contributed by atoms with Crippen molar-refractivity contribution in [3.05, 3.63) is 84.2 Å². The Hall–Kier alpha value is -4.04. The number of amides is 2. The second-order valence-electron chi connectivity index (χ2n) is 8.23. The number of fused-ring (bicyclic) bond motifs is 1. The van der Waals surface area contributed by atoms with Gasteiger partial charge in [-0.3, -0.25) is 14.5 Å². The van der Waals surface area contributed by atoms with Crippen LogP contribution in [0.4, 0.5) is 10.1 Å². The predicted molar refractivity (Wildman–Crippen MR) is 127 cm³/mol. The third kappa shape index (κ3) is 4.67. The molecule has 1 N–H and O–H groups in total. The van der Waals surface area contributed by atoms with Crippen molar-refractivity contribution < 1.29 is 18.5 Å². The average Bonchev–Trinajstić information content (AvgIpc) is 3.29. The summed E-state index contributed by atoms with van der Waals surface area (Å²) in [5.41, 5.74) is 2.74. The standard InChI is InChI=1S/C26H23FN4O3/c27-20-7-9-21(10-8-20)28-24(32)17-30-12-14-31(15-13-30)26(33)19-6-11-23-22(16-19)25(34-29-23)18-4-2-1-3-5-18/h1-11,16H,12-15,17H2,(H,28,32). The lowest BCUT2D eigenvalue weighted by Crippen LogP contribution is -2.50. The molecule has 1 aliphatic heterocycles. The summed E-state index contributed by atoms with van der Waals surface area (Å²) < 4.78 is 18.6. The Morgan fingerprint density at radius 3 is 2.41 bits per heavy atom. The average molecular weight is 458 g/mol. The fraction of sp³-hybridized carbons (Fsp3) is 0.192. The summed E-state index contributed by atoms with van der Waals surface area (Å²) in [6, 6.07) is 20.7. The summed E-state index contributed by atoms with van der Waals surface area (Å²) in [5, 5.41) is 7.68. The van der Waals surface area contributed by atoms with Crippen molar-refractivity contribution in [3.8, 4) is 11.3 Å². The molecule has 0 saturated carbocycles. The van der Waals surface area contributed by atoms with E-state index in [2.05, 4.69) is 10.5 Å². The van der Waals surface area contributed by atoms with Crippen molar-refractivity contribution in [2.24, 2.45) is 0 Å². The van der Waals surface area contributed by atoms with Crippen LogP contribution in [0, 0.1) is 5.82 Å². The summed E-state index contributed by atoms with van der Waals surface area (Å²) in [6.45, 7) is 2.44. The largest absolute Gasteiger partial charge is 0.355 e. The molecular weight excluding hydrogens is 435 g/mol. The normalized spacial score (nSPS) is 14.3. The number of halogens is 1. The maximum Gasteiger partial charge on any atom is 0.253 e. The van der Waals surface area contributed by atoms with Gasteiger partial charge in [0.25, 0.3) is 5.91 Å². The van der Waals surface area contributed by atoms with Crippen LogP contribution < -0.4 is 5.32 Å². The minimum absolute atomic E-state index is 0.0578. The third-order valence-corrected chi connectivity index (χ3v) is 5.91. The fourth-order valence-corrected chi connectivity index (χ4v) is 4.10. The smallest absolute Gasteiger partial charge is 0.253 e. The number of carbonyl (C=O) groups is 2. The Labute approximate surface area is 195 Å². The van der Waals surface area contributed by atoms with E-state index in [4.69, 9.17) is 4.52 Å². The zero-order valence-electron chi connectivity index (χ0n) is 18.4. The van der Waals surface area contributed by atoms with Crippen molar-refractivity contribution in [1.82, 2.24) is 15.0 Å². The Balaban J connectivity index is 1.21. The number of hydrogen-bond donors (Lipinski definition) is 1. The summed E-state index contributed by atoms with van der Waals surface area (Å²) in [6.07, 6.45) is 0. The van der Waals surface area contributed by atoms with Crippen molar-refractivity contribution in [1.29, 1.82) is 0 Å². The molecular formula is C26H23FN4O3. The number of nitrogens with one attached hydrogen (secondary N) is 1. The zero-order valence-corrected chi connectivity index (χ0v) is 18.4. The van der Waals surface area contributed by atoms with Crippen molar-refractivity contribution >= 4 is 28.4 Å². The van der Waals surface area contributed by atoms with Gasteiger partial charge < -0.3 is 14.7 Å². The molecule has 1 saturated heterocycles. The Morgan fingerprint density at radius 2 is 1.68 bits per heavy atom. The quantitative estimate of drug-likeness (QED) is 0.489. The van der Waals surface area contributed by atoms with Crippen LogP contribution in [0.15, 0.2) is 77.3 Å². The van der Waals surface area contributed by atoms with E-state index in [0.29, 0.717) is 48.7 Å². The topological polar surface area (TPSA) is 78.7 Å². The number of aromatic nitrogens is 1. The predicted octanol–water partition coefficient (Wildman–Crippen LogP) is 4.03. The SMILES string of the molecule is O=C(CN1CCN(C(=O)c2ccc3noc(-c4ccccc4)c3c2)CC1)Nc1ccc(F)cc1. The Kier molecular flexibility index (Phi) is 6.05. The molecule has 0 atom stereocenters. The number of anilines is 1. The third-order valence-electron chi connectivity index (χ3n) is 5.91. The molecule has 0 bridgehead atoms. The van der Waals surface area contributed by atoms with E-state index in [9.17, 15) is 14.0 Å². The first kappa shape index (κ1) is 21.8. The van der Waals surface area contributed by atoms with Crippen LogP contribution in [0.2, 0.25) is 0 Å². The highest BCUT2D eigenvalue weighted by molar-refractivity contribution is 6.01. The van der Waals surface area contributed by atoms with Crippen LogP contribution in [0.25, 0.3) is 22.2 Å². The van der Waals surface area contributed by atoms with Gasteiger partial charge in [-0.05, 0) is 42.5 Å². The Bertz CT molecular complexity index is 1310. The van der Waals surface area contributed by atoms with Crippen LogP contribution in [0.5, 0.6) is 0 Å². The highest BCUT2D eigenvalue weighted by Crippen LogP contribution is 2.29. The molecule has 2 amide bonds. The highest BCUT2D eigenvalue weighted by atomic mass is 19.1. The second kappa shape index (κ2) is 9.44. The number of benzene rings is 3. The molecule has 0 aliphatic carbocycles. The summed E-state index contributed by atoms with van der Waals surface area (Å²) in [5.74, 6) is 0.0655. The number of piperazine rings is 1. The van der Waals surface area contributed by atoms with Gasteiger partial charge in [0.2, 0.25) is 5.91 Å². The number of nitrogens with zero attached hydrogens (tertiary/aromatic N) is 3. The van der Waals surface area contributed by atoms with Crippen LogP contribution in [-0.2, 0) is 4.79 Å². The second-order valence-corrected chi connectivity index (χ2v) is 8.23. The number of rotatable bonds is 5. The summed E-state index contributed by atoms with van der Waals surface area (Å²) >= 11 is 0. The lowest BCUT2D eigenvalue weighted by molar-refractivity contribution is -0.117. The molecule has 172 valence electrons. The van der Waals surface area contributed by atoms with E-state index < -0.39 is 0 Å². The van der Waals surface area contributed by atoms with Gasteiger partial charge in [-0.25, -0.2) is 4.39 Å². The molecule has 2 heterocycles. The summed E-state index contributed by atoms with van der Waals surface area (Å²) in [7, 11) is 0. The van der Waals surface area contributed by atoms with Crippen molar-refractivity contribution in [2.75, 3.05) is 38.0 Å². The van der Waals surface area contributed by atoms with Gasteiger partial charge in [0, 0.05) is 43.0 Å². The highest BCUT2D eigenvalue weighted by Gasteiger charge is 2.24. The molecule has 0 radical (unpaired) electrons. The van der Waals surface area contributed by atoms with Crippen LogP contribution in [-0.4, -0.2) is 59.5 Å². The Morgan fingerprint density at radius 1 is 0.941 bits per heavy atom. The molecule has 7 nitrogen and oxygen atoms in total. The molecule has 1 aromatic heterocycles. The minimum Gasteiger partial charge on any atom is -0.355 e. The molecule has 5 rings (SSSR count). The van der Waals surface area contributed by atoms with Gasteiger partial charge in [-0.1, -0.05) is 35.5 Å². The molecule has 0 spiro atoms. The van der Waals surface area contributed by atoms with E-state index in [1.165, 1.54) is 24.3 Å². The molecule has 34 heavy (non-hydrogen) atoms. The van der Waals surface area contributed by atoms with Gasteiger partial charge in [-0.2, -0.15) is 0 Å². The van der Waals surface area contributed by atoms with Crippen molar-refractivity contribution in [2.45, 2.75) is 0 Å². The number of hydrogen-bond acceptors (Lipinski definition) is 5. The molecule has 3 aromatic carbocycles. The number of carbonyl (C=O) groups excluding carboxylic acids is 2. The maximum atomic E-state index is 13.2. The van der Waals surface area contributed by atoms with E-state index in [1.807, 2.05) is 41.3 Å².